The number of carbonyl (C=O) groups is 4. The van der Waals surface area contributed by atoms with Crippen molar-refractivity contribution in [3.63, 3.8) is 0 Å². The molecule has 0 aliphatic carbocycles. The summed E-state index contributed by atoms with van der Waals surface area (Å²) in [4.78, 5) is 53.4. The first-order valence-electron chi connectivity index (χ1n) is 14.9. The summed E-state index contributed by atoms with van der Waals surface area (Å²) in [5.74, 6) is -4.89. The first-order chi connectivity index (χ1) is 20.2. The van der Waals surface area contributed by atoms with Gasteiger partial charge in [0, 0.05) is 19.3 Å². The highest BCUT2D eigenvalue weighted by Crippen LogP contribution is 2.46. The zero-order chi connectivity index (χ0) is 31.1. The second kappa shape index (κ2) is 17.8. The van der Waals surface area contributed by atoms with Gasteiger partial charge in [-0.2, -0.15) is 0 Å². The third kappa shape index (κ3) is 9.60. The maximum Gasteiger partial charge on any atom is 0.340 e. The Bertz CT molecular complexity index is 1220. The van der Waals surface area contributed by atoms with Crippen molar-refractivity contribution in [1.82, 2.24) is 0 Å². The third-order valence-corrected chi connectivity index (χ3v) is 6.91. The summed E-state index contributed by atoms with van der Waals surface area (Å²) >= 11 is 0. The van der Waals surface area contributed by atoms with E-state index in [0.717, 1.165) is 38.5 Å². The molecular weight excluding hydrogens is 540 g/mol. The molecule has 9 nitrogen and oxygen atoms in total. The van der Waals surface area contributed by atoms with Crippen LogP contribution in [0.25, 0.3) is 0 Å². The maximum atomic E-state index is 13.7. The van der Waals surface area contributed by atoms with Crippen molar-refractivity contribution in [1.29, 1.82) is 0 Å². The van der Waals surface area contributed by atoms with Gasteiger partial charge in [-0.3, -0.25) is 14.4 Å². The third-order valence-electron chi connectivity index (χ3n) is 6.91. The van der Waals surface area contributed by atoms with Crippen LogP contribution in [0, 0.1) is 0 Å². The second-order valence-corrected chi connectivity index (χ2v) is 10.3. The molecule has 42 heavy (non-hydrogen) atoms. The molecule has 0 saturated heterocycles. The van der Waals surface area contributed by atoms with Crippen molar-refractivity contribution in [3.8, 4) is 23.0 Å². The van der Waals surface area contributed by atoms with Gasteiger partial charge in [0.2, 0.25) is 5.75 Å². The molecule has 0 radical (unpaired) electrons. The standard InChI is InChI=1S/C33H44O9/c1-5-8-11-14-24(34)27-29(33(39)41-21-22-17-19-23(40-4)20-18-22)28(25(35)15-12-9-6-2)32(31(38)30(27)37)42-26(36)16-13-10-7-3/h17-20,37-38H,5-16,21H2,1-4H3. The number of unbranched alkanes of at least 4 members (excludes halogenated alkanes) is 6. The molecule has 230 valence electrons. The van der Waals surface area contributed by atoms with Crippen LogP contribution in [0.4, 0.5) is 0 Å². The number of hydrogen-bond acceptors (Lipinski definition) is 9. The number of phenols is 2. The molecular formula is C33H44O9. The second-order valence-electron chi connectivity index (χ2n) is 10.3. The maximum absolute atomic E-state index is 13.7. The van der Waals surface area contributed by atoms with Crippen molar-refractivity contribution < 1.29 is 43.6 Å². The number of ketones is 2. The number of hydrogen-bond donors (Lipinski definition) is 2. The van der Waals surface area contributed by atoms with Gasteiger partial charge in [0.1, 0.15) is 12.4 Å². The Morgan fingerprint density at radius 1 is 0.667 bits per heavy atom. The predicted molar refractivity (Wildman–Crippen MR) is 159 cm³/mol. The lowest BCUT2D eigenvalue weighted by Crippen LogP contribution is -2.21. The summed E-state index contributed by atoms with van der Waals surface area (Å²) in [5.41, 5.74) is -0.823. The number of Topliss-reactive ketones (excluding diaryl/α,β-unsaturated/α-hetero) is 2. The van der Waals surface area contributed by atoms with Gasteiger partial charge < -0.3 is 24.4 Å². The molecule has 0 bridgehead atoms. The van der Waals surface area contributed by atoms with Crippen molar-refractivity contribution in [2.75, 3.05) is 7.11 Å². The van der Waals surface area contributed by atoms with Gasteiger partial charge in [0.15, 0.2) is 23.1 Å². The Morgan fingerprint density at radius 2 is 1.19 bits per heavy atom. The minimum Gasteiger partial charge on any atom is -0.504 e. The van der Waals surface area contributed by atoms with Crippen molar-refractivity contribution in [2.45, 2.75) is 104 Å². The van der Waals surface area contributed by atoms with Crippen LogP contribution in [0.15, 0.2) is 24.3 Å². The molecule has 0 fully saturated rings. The van der Waals surface area contributed by atoms with Crippen LogP contribution < -0.4 is 9.47 Å². The van der Waals surface area contributed by atoms with E-state index in [1.165, 1.54) is 7.11 Å². The first kappa shape index (κ1) is 34.3. The summed E-state index contributed by atoms with van der Waals surface area (Å²) in [5, 5.41) is 22.0. The monoisotopic (exact) mass is 584 g/mol. The van der Waals surface area contributed by atoms with Gasteiger partial charge in [0.05, 0.1) is 23.8 Å². The average Bonchev–Trinajstić information content (AvgIpc) is 2.98. The van der Waals surface area contributed by atoms with Gasteiger partial charge in [-0.1, -0.05) is 71.4 Å². The fourth-order valence-electron chi connectivity index (χ4n) is 4.49. The number of benzene rings is 2. The Morgan fingerprint density at radius 3 is 1.71 bits per heavy atom. The minimum atomic E-state index is -1.05. The SMILES string of the molecule is CCCCCC(=O)Oc1c(O)c(O)c(C(=O)CCCCC)c(C(=O)OCc2ccc(OC)cc2)c1C(=O)CCCCC. The van der Waals surface area contributed by atoms with Gasteiger partial charge in [-0.25, -0.2) is 4.79 Å². The number of carbonyl (C=O) groups excluding carboxylic acids is 4. The van der Waals surface area contributed by atoms with Crippen LogP contribution in [-0.4, -0.2) is 40.8 Å². The predicted octanol–water partition coefficient (Wildman–Crippen LogP) is 7.48. The van der Waals surface area contributed by atoms with Gasteiger partial charge >= 0.3 is 11.9 Å². The smallest absolute Gasteiger partial charge is 0.340 e. The van der Waals surface area contributed by atoms with E-state index in [2.05, 4.69) is 0 Å². The van der Waals surface area contributed by atoms with E-state index in [9.17, 15) is 29.4 Å². The van der Waals surface area contributed by atoms with E-state index >= 15 is 0 Å². The molecule has 2 aromatic carbocycles. The molecule has 0 saturated carbocycles. The zero-order valence-electron chi connectivity index (χ0n) is 25.3. The van der Waals surface area contributed by atoms with Crippen LogP contribution in [0.1, 0.15) is 134 Å². The zero-order valence-corrected chi connectivity index (χ0v) is 25.3. The lowest BCUT2D eigenvalue weighted by atomic mass is 9.89. The Balaban J connectivity index is 2.67. The lowest BCUT2D eigenvalue weighted by molar-refractivity contribution is -0.134. The number of esters is 2. The molecule has 0 aromatic heterocycles. The molecule has 2 aromatic rings. The van der Waals surface area contributed by atoms with E-state index in [0.29, 0.717) is 30.6 Å². The largest absolute Gasteiger partial charge is 0.504 e. The molecule has 0 aliphatic rings. The highest BCUT2D eigenvalue weighted by Gasteiger charge is 2.36. The van der Waals surface area contributed by atoms with E-state index in [4.69, 9.17) is 14.2 Å². The van der Waals surface area contributed by atoms with Gasteiger partial charge in [0.25, 0.3) is 0 Å². The van der Waals surface area contributed by atoms with Crippen LogP contribution >= 0.6 is 0 Å². The number of rotatable bonds is 19. The Labute approximate surface area is 248 Å². The Hall–Kier alpha value is -3.88. The van der Waals surface area contributed by atoms with E-state index in [1.54, 1.807) is 24.3 Å². The lowest BCUT2D eigenvalue weighted by Gasteiger charge is -2.20. The normalized spacial score (nSPS) is 10.8. The molecule has 0 amide bonds. The minimum absolute atomic E-state index is 0.00640. The van der Waals surface area contributed by atoms with Gasteiger partial charge in [-0.05, 0) is 37.0 Å². The average molecular weight is 585 g/mol. The van der Waals surface area contributed by atoms with Crippen LogP contribution in [-0.2, 0) is 16.1 Å². The van der Waals surface area contributed by atoms with Crippen LogP contribution in [0.2, 0.25) is 0 Å². The highest BCUT2D eigenvalue weighted by atomic mass is 16.5. The molecule has 9 heteroatoms. The van der Waals surface area contributed by atoms with E-state index < -0.39 is 57.4 Å². The summed E-state index contributed by atoms with van der Waals surface area (Å²) < 4.78 is 16.1. The summed E-state index contributed by atoms with van der Waals surface area (Å²) in [6, 6.07) is 6.77. The van der Waals surface area contributed by atoms with Crippen LogP contribution in [0.5, 0.6) is 23.0 Å². The topological polar surface area (TPSA) is 136 Å². The summed E-state index contributed by atoms with van der Waals surface area (Å²) in [6.07, 6.45) is 6.15. The quantitative estimate of drug-likeness (QED) is 0.0566. The Kier molecular flexibility index (Phi) is 14.6. The summed E-state index contributed by atoms with van der Waals surface area (Å²) in [6.45, 7) is 5.70. The van der Waals surface area contributed by atoms with Crippen molar-refractivity contribution in [3.05, 3.63) is 46.5 Å². The fourth-order valence-corrected chi connectivity index (χ4v) is 4.49. The molecule has 0 aliphatic heterocycles. The summed E-state index contributed by atoms with van der Waals surface area (Å²) in [7, 11) is 1.53. The van der Waals surface area contributed by atoms with Crippen molar-refractivity contribution >= 4 is 23.5 Å². The highest BCUT2D eigenvalue weighted by molar-refractivity contribution is 6.17. The molecule has 2 rings (SSSR count). The number of phenolic OH excluding ortho intramolecular Hbond substituents is 2. The molecule has 2 N–H and O–H groups in total. The molecule has 0 heterocycles. The van der Waals surface area contributed by atoms with Crippen LogP contribution in [0.3, 0.4) is 0 Å². The molecule has 0 unspecified atom stereocenters. The first-order valence-corrected chi connectivity index (χ1v) is 14.9. The van der Waals surface area contributed by atoms with E-state index in [-0.39, 0.29) is 25.9 Å². The molecule has 0 spiro atoms. The number of ether oxygens (including phenoxy) is 3. The van der Waals surface area contributed by atoms with Crippen molar-refractivity contribution in [2.24, 2.45) is 0 Å². The van der Waals surface area contributed by atoms with E-state index in [1.807, 2.05) is 20.8 Å². The van der Waals surface area contributed by atoms with Gasteiger partial charge in [-0.15, -0.1) is 0 Å². The number of aromatic hydroxyl groups is 2. The number of methoxy groups -OCH3 is 1. The molecule has 0 atom stereocenters. The fraction of sp³-hybridized carbons (Fsp3) is 0.515.